The SMILES string of the molecule is O=C(N[C@@H]1C[C@H]2CC[C@@H]1N2)c1ccc(Sc2ncc(Cl)o2)s1. The van der Waals surface area contributed by atoms with Crippen molar-refractivity contribution >= 4 is 40.6 Å². The third kappa shape index (κ3) is 2.90. The first kappa shape index (κ1) is 14.6. The number of hydrogen-bond donors (Lipinski definition) is 2. The number of nitrogens with one attached hydrogen (secondary N) is 2. The van der Waals surface area contributed by atoms with Gasteiger partial charge in [-0.2, -0.15) is 0 Å². The number of halogens is 1. The minimum absolute atomic E-state index is 0.00152. The first-order valence-electron chi connectivity index (χ1n) is 7.13. The van der Waals surface area contributed by atoms with Crippen molar-refractivity contribution in [3.63, 3.8) is 0 Å². The van der Waals surface area contributed by atoms with E-state index in [2.05, 4.69) is 15.6 Å². The van der Waals surface area contributed by atoms with Crippen molar-refractivity contribution in [2.45, 2.75) is 46.8 Å². The van der Waals surface area contributed by atoms with Gasteiger partial charge in [0.1, 0.15) is 0 Å². The summed E-state index contributed by atoms with van der Waals surface area (Å²) in [6.45, 7) is 0. The summed E-state index contributed by atoms with van der Waals surface area (Å²) in [7, 11) is 0. The van der Waals surface area contributed by atoms with Gasteiger partial charge in [-0.05, 0) is 54.8 Å². The summed E-state index contributed by atoms with van der Waals surface area (Å²) >= 11 is 8.50. The third-order valence-corrected chi connectivity index (χ3v) is 6.32. The highest BCUT2D eigenvalue weighted by atomic mass is 35.5. The predicted molar refractivity (Wildman–Crippen MR) is 85.8 cm³/mol. The number of thiophene rings is 1. The monoisotopic (exact) mass is 355 g/mol. The van der Waals surface area contributed by atoms with Crippen LogP contribution >= 0.6 is 34.7 Å². The molecule has 2 aromatic rings. The molecule has 4 heterocycles. The average molecular weight is 356 g/mol. The van der Waals surface area contributed by atoms with E-state index in [9.17, 15) is 4.79 Å². The zero-order valence-electron chi connectivity index (χ0n) is 11.5. The van der Waals surface area contributed by atoms with Gasteiger partial charge in [-0.1, -0.05) is 0 Å². The van der Waals surface area contributed by atoms with E-state index in [1.807, 2.05) is 12.1 Å². The Morgan fingerprint density at radius 1 is 1.50 bits per heavy atom. The predicted octanol–water partition coefficient (Wildman–Crippen LogP) is 3.16. The normalized spacial score (nSPS) is 26.5. The molecule has 0 saturated carbocycles. The summed E-state index contributed by atoms with van der Waals surface area (Å²) < 4.78 is 6.17. The topological polar surface area (TPSA) is 67.2 Å². The molecule has 0 radical (unpaired) electrons. The minimum atomic E-state index is 0.00152. The zero-order valence-corrected chi connectivity index (χ0v) is 13.9. The minimum Gasteiger partial charge on any atom is -0.419 e. The summed E-state index contributed by atoms with van der Waals surface area (Å²) in [5.74, 6) is 0.00152. The number of hydrogen-bond acceptors (Lipinski definition) is 6. The van der Waals surface area contributed by atoms with Crippen LogP contribution in [0.3, 0.4) is 0 Å². The Hall–Kier alpha value is -1.02. The summed E-state index contributed by atoms with van der Waals surface area (Å²) in [5, 5.41) is 7.42. The average Bonchev–Trinajstić information content (AvgIpc) is 3.24. The van der Waals surface area contributed by atoms with Crippen molar-refractivity contribution in [2.24, 2.45) is 0 Å². The summed E-state index contributed by atoms with van der Waals surface area (Å²) in [4.78, 5) is 17.1. The Bertz CT molecular complexity index is 702. The maximum absolute atomic E-state index is 12.3. The Morgan fingerprint density at radius 3 is 3.09 bits per heavy atom. The third-order valence-electron chi connectivity index (χ3n) is 4.07. The number of carbonyl (C=O) groups is 1. The van der Waals surface area contributed by atoms with Gasteiger partial charge < -0.3 is 15.1 Å². The molecule has 116 valence electrons. The van der Waals surface area contributed by atoms with Crippen LogP contribution in [0.25, 0.3) is 0 Å². The fraction of sp³-hybridized carbons (Fsp3) is 0.429. The van der Waals surface area contributed by atoms with Crippen LogP contribution in [0.4, 0.5) is 0 Å². The second-order valence-corrected chi connectivity index (χ2v) is 8.22. The lowest BCUT2D eigenvalue weighted by Gasteiger charge is -2.20. The molecule has 2 saturated heterocycles. The van der Waals surface area contributed by atoms with Gasteiger partial charge in [0.25, 0.3) is 11.1 Å². The first-order valence-corrected chi connectivity index (χ1v) is 9.14. The Balaban J connectivity index is 1.39. The molecule has 8 heteroatoms. The number of oxazole rings is 1. The lowest BCUT2D eigenvalue weighted by Crippen LogP contribution is -2.42. The van der Waals surface area contributed by atoms with Crippen molar-refractivity contribution in [3.05, 3.63) is 28.4 Å². The van der Waals surface area contributed by atoms with Crippen molar-refractivity contribution in [1.29, 1.82) is 0 Å². The molecule has 22 heavy (non-hydrogen) atoms. The van der Waals surface area contributed by atoms with Crippen molar-refractivity contribution in [3.8, 4) is 0 Å². The number of fused-ring (bicyclic) bond motifs is 2. The van der Waals surface area contributed by atoms with Crippen molar-refractivity contribution in [2.75, 3.05) is 0 Å². The maximum Gasteiger partial charge on any atom is 0.262 e. The number of rotatable bonds is 4. The molecule has 1 amide bonds. The highest BCUT2D eigenvalue weighted by Gasteiger charge is 2.39. The molecule has 2 N–H and O–H groups in total. The molecule has 5 nitrogen and oxygen atoms in total. The van der Waals surface area contributed by atoms with E-state index in [1.54, 1.807) is 0 Å². The molecule has 2 aliphatic rings. The molecule has 2 fully saturated rings. The Kier molecular flexibility index (Phi) is 3.89. The first-order chi connectivity index (χ1) is 10.7. The second kappa shape index (κ2) is 5.88. The quantitative estimate of drug-likeness (QED) is 0.881. The molecule has 4 rings (SSSR count). The summed E-state index contributed by atoms with van der Waals surface area (Å²) in [6.07, 6.45) is 4.90. The van der Waals surface area contributed by atoms with Gasteiger partial charge in [0.15, 0.2) is 0 Å². The molecule has 0 spiro atoms. The molecule has 0 aromatic carbocycles. The Morgan fingerprint density at radius 2 is 2.41 bits per heavy atom. The standard InChI is InChI=1S/C14H14ClN3O2S2/c15-11-6-16-14(20-11)22-12-4-3-10(21-12)13(19)18-9-5-7-1-2-8(9)17-7/h3-4,6-9,17H,1-2,5H2,(H,18,19)/t7-,8+,9-/m1/s1. The van der Waals surface area contributed by atoms with E-state index >= 15 is 0 Å². The van der Waals surface area contributed by atoms with Crippen LogP contribution in [0, 0.1) is 0 Å². The van der Waals surface area contributed by atoms with E-state index in [4.69, 9.17) is 16.0 Å². The maximum atomic E-state index is 12.3. The van der Waals surface area contributed by atoms with Gasteiger partial charge in [-0.15, -0.1) is 11.3 Å². The number of amides is 1. The fourth-order valence-corrected chi connectivity index (χ4v) is 5.10. The number of carbonyl (C=O) groups excluding carboxylic acids is 1. The van der Waals surface area contributed by atoms with Crippen molar-refractivity contribution < 1.29 is 9.21 Å². The van der Waals surface area contributed by atoms with E-state index in [0.29, 0.717) is 22.2 Å². The lowest BCUT2D eigenvalue weighted by atomic mass is 9.95. The van der Waals surface area contributed by atoms with Crippen LogP contribution in [0.5, 0.6) is 0 Å². The largest absolute Gasteiger partial charge is 0.419 e. The van der Waals surface area contributed by atoms with Crippen LogP contribution in [0.2, 0.25) is 5.22 Å². The van der Waals surface area contributed by atoms with E-state index < -0.39 is 0 Å². The molecule has 2 aromatic heterocycles. The fourth-order valence-electron chi connectivity index (χ4n) is 3.09. The van der Waals surface area contributed by atoms with Crippen LogP contribution in [-0.2, 0) is 0 Å². The van der Waals surface area contributed by atoms with Gasteiger partial charge in [-0.3, -0.25) is 4.79 Å². The molecule has 2 bridgehead atoms. The van der Waals surface area contributed by atoms with Gasteiger partial charge >= 0.3 is 0 Å². The number of nitrogens with zero attached hydrogens (tertiary/aromatic N) is 1. The molecule has 0 unspecified atom stereocenters. The van der Waals surface area contributed by atoms with Gasteiger partial charge in [-0.25, -0.2) is 4.98 Å². The van der Waals surface area contributed by atoms with Crippen LogP contribution in [-0.4, -0.2) is 29.0 Å². The molecule has 0 aliphatic carbocycles. The van der Waals surface area contributed by atoms with E-state index in [0.717, 1.165) is 17.1 Å². The summed E-state index contributed by atoms with van der Waals surface area (Å²) in [5.41, 5.74) is 0. The van der Waals surface area contributed by atoms with Gasteiger partial charge in [0.2, 0.25) is 5.22 Å². The van der Waals surface area contributed by atoms with Crippen LogP contribution in [0.1, 0.15) is 28.9 Å². The zero-order chi connectivity index (χ0) is 15.1. The van der Waals surface area contributed by atoms with Crippen molar-refractivity contribution in [1.82, 2.24) is 15.6 Å². The Labute approximate surface area is 140 Å². The smallest absolute Gasteiger partial charge is 0.262 e. The molecular formula is C14H14ClN3O2S2. The van der Waals surface area contributed by atoms with E-state index in [1.165, 1.54) is 35.7 Å². The van der Waals surface area contributed by atoms with Gasteiger partial charge in [0, 0.05) is 18.1 Å². The molecule has 2 aliphatic heterocycles. The van der Waals surface area contributed by atoms with Crippen LogP contribution < -0.4 is 10.6 Å². The molecule has 3 atom stereocenters. The summed E-state index contributed by atoms with van der Waals surface area (Å²) in [6, 6.07) is 5.03. The molecular weight excluding hydrogens is 342 g/mol. The lowest BCUT2D eigenvalue weighted by molar-refractivity contribution is 0.0935. The van der Waals surface area contributed by atoms with Crippen LogP contribution in [0.15, 0.2) is 32.2 Å². The number of aromatic nitrogens is 1. The highest BCUT2D eigenvalue weighted by Crippen LogP contribution is 2.34. The second-order valence-electron chi connectivity index (χ2n) is 5.51. The van der Waals surface area contributed by atoms with E-state index in [-0.39, 0.29) is 17.2 Å². The highest BCUT2D eigenvalue weighted by molar-refractivity contribution is 8.01. The van der Waals surface area contributed by atoms with Gasteiger partial charge in [0.05, 0.1) is 15.3 Å².